The van der Waals surface area contributed by atoms with Crippen LogP contribution in [-0.4, -0.2) is 48.6 Å². The summed E-state index contributed by atoms with van der Waals surface area (Å²) in [6.07, 6.45) is 4.17. The third kappa shape index (κ3) is 3.68. The van der Waals surface area contributed by atoms with E-state index < -0.39 is 0 Å². The third-order valence-corrected chi connectivity index (χ3v) is 4.00. The van der Waals surface area contributed by atoms with Crippen LogP contribution in [0.5, 0.6) is 0 Å². The molecule has 2 fully saturated rings. The van der Waals surface area contributed by atoms with Gasteiger partial charge >= 0.3 is 0 Å². The summed E-state index contributed by atoms with van der Waals surface area (Å²) in [4.78, 5) is 13.6. The average molecular weight is 239 g/mol. The van der Waals surface area contributed by atoms with E-state index in [9.17, 15) is 4.79 Å². The molecule has 2 N–H and O–H groups in total. The normalized spacial score (nSPS) is 27.7. The summed E-state index contributed by atoms with van der Waals surface area (Å²) >= 11 is 0. The molecule has 98 valence electrons. The standard InChI is InChI=1S/C13H25N3O/c1-10(2)16-7-5-11(6-8-16)14-9-12-3-4-13(17)15-12/h10-12,14H,3-9H2,1-2H3,(H,15,17). The largest absolute Gasteiger partial charge is 0.352 e. The van der Waals surface area contributed by atoms with Crippen LogP contribution >= 0.6 is 0 Å². The van der Waals surface area contributed by atoms with Gasteiger partial charge < -0.3 is 15.5 Å². The van der Waals surface area contributed by atoms with Crippen molar-refractivity contribution in [2.75, 3.05) is 19.6 Å². The lowest BCUT2D eigenvalue weighted by Gasteiger charge is -2.35. The molecular formula is C13H25N3O. The van der Waals surface area contributed by atoms with Gasteiger partial charge in [0.2, 0.25) is 5.91 Å². The molecule has 0 saturated carbocycles. The number of amides is 1. The summed E-state index contributed by atoms with van der Waals surface area (Å²) in [5.41, 5.74) is 0. The first-order valence-electron chi connectivity index (χ1n) is 6.92. The Hall–Kier alpha value is -0.610. The molecule has 1 unspecified atom stereocenters. The van der Waals surface area contributed by atoms with Crippen LogP contribution in [0.2, 0.25) is 0 Å². The first-order valence-corrected chi connectivity index (χ1v) is 6.92. The van der Waals surface area contributed by atoms with Gasteiger partial charge in [-0.15, -0.1) is 0 Å². The molecule has 0 spiro atoms. The monoisotopic (exact) mass is 239 g/mol. The Morgan fingerprint density at radius 1 is 1.35 bits per heavy atom. The number of hydrogen-bond acceptors (Lipinski definition) is 3. The van der Waals surface area contributed by atoms with E-state index >= 15 is 0 Å². The van der Waals surface area contributed by atoms with E-state index in [2.05, 4.69) is 29.4 Å². The number of piperidine rings is 1. The van der Waals surface area contributed by atoms with Crippen LogP contribution in [-0.2, 0) is 4.79 Å². The van der Waals surface area contributed by atoms with Crippen LogP contribution in [0.3, 0.4) is 0 Å². The van der Waals surface area contributed by atoms with Gasteiger partial charge in [-0.05, 0) is 46.2 Å². The van der Waals surface area contributed by atoms with Gasteiger partial charge in [-0.25, -0.2) is 0 Å². The highest BCUT2D eigenvalue weighted by Crippen LogP contribution is 2.13. The van der Waals surface area contributed by atoms with Crippen LogP contribution < -0.4 is 10.6 Å². The summed E-state index contributed by atoms with van der Waals surface area (Å²) < 4.78 is 0. The smallest absolute Gasteiger partial charge is 0.220 e. The van der Waals surface area contributed by atoms with E-state index in [0.717, 1.165) is 13.0 Å². The summed E-state index contributed by atoms with van der Waals surface area (Å²) in [7, 11) is 0. The number of nitrogens with zero attached hydrogens (tertiary/aromatic N) is 1. The topological polar surface area (TPSA) is 44.4 Å². The second-order valence-corrected chi connectivity index (χ2v) is 5.62. The Kier molecular flexibility index (Phi) is 4.40. The lowest BCUT2D eigenvalue weighted by molar-refractivity contribution is -0.119. The highest BCUT2D eigenvalue weighted by atomic mass is 16.1. The van der Waals surface area contributed by atoms with Gasteiger partial charge in [0.05, 0.1) is 0 Å². The highest BCUT2D eigenvalue weighted by molar-refractivity contribution is 5.78. The van der Waals surface area contributed by atoms with E-state index in [1.165, 1.54) is 25.9 Å². The van der Waals surface area contributed by atoms with Crippen molar-refractivity contribution in [1.29, 1.82) is 0 Å². The van der Waals surface area contributed by atoms with Gasteiger partial charge in [0.25, 0.3) is 0 Å². The average Bonchev–Trinajstić information content (AvgIpc) is 2.73. The minimum absolute atomic E-state index is 0.214. The van der Waals surface area contributed by atoms with Gasteiger partial charge in [-0.3, -0.25) is 4.79 Å². The molecule has 4 nitrogen and oxygen atoms in total. The van der Waals surface area contributed by atoms with Crippen LogP contribution in [0, 0.1) is 0 Å². The fraction of sp³-hybridized carbons (Fsp3) is 0.923. The molecule has 2 aliphatic rings. The SMILES string of the molecule is CC(C)N1CCC(NCC2CCC(=O)N2)CC1. The molecule has 0 aromatic carbocycles. The predicted octanol–water partition coefficient (Wildman–Crippen LogP) is 0.727. The van der Waals surface area contributed by atoms with Crippen LogP contribution in [0.25, 0.3) is 0 Å². The summed E-state index contributed by atoms with van der Waals surface area (Å²) in [5, 5.41) is 6.61. The van der Waals surface area contributed by atoms with Crippen molar-refractivity contribution in [2.45, 2.75) is 57.7 Å². The number of carbonyl (C=O) groups is 1. The number of rotatable bonds is 4. The molecule has 2 rings (SSSR count). The summed E-state index contributed by atoms with van der Waals surface area (Å²) in [6, 6.07) is 1.68. The van der Waals surface area contributed by atoms with Crippen molar-refractivity contribution in [3.05, 3.63) is 0 Å². The predicted molar refractivity (Wildman–Crippen MR) is 68.9 cm³/mol. The zero-order valence-electron chi connectivity index (χ0n) is 11.0. The highest BCUT2D eigenvalue weighted by Gasteiger charge is 2.24. The molecule has 4 heteroatoms. The zero-order chi connectivity index (χ0) is 12.3. The molecule has 0 aromatic heterocycles. The molecule has 2 heterocycles. The lowest BCUT2D eigenvalue weighted by atomic mass is 10.0. The van der Waals surface area contributed by atoms with Gasteiger partial charge in [0.1, 0.15) is 0 Å². The minimum Gasteiger partial charge on any atom is -0.352 e. The molecule has 2 aliphatic heterocycles. The third-order valence-electron chi connectivity index (χ3n) is 4.00. The van der Waals surface area contributed by atoms with Crippen LogP contribution in [0.4, 0.5) is 0 Å². The Balaban J connectivity index is 1.63. The second kappa shape index (κ2) is 5.83. The maximum absolute atomic E-state index is 11.1. The molecule has 0 bridgehead atoms. The summed E-state index contributed by atoms with van der Waals surface area (Å²) in [5.74, 6) is 0.214. The first kappa shape index (κ1) is 12.8. The number of carbonyl (C=O) groups excluding carboxylic acids is 1. The van der Waals surface area contributed by atoms with E-state index in [0.29, 0.717) is 24.5 Å². The van der Waals surface area contributed by atoms with E-state index in [4.69, 9.17) is 0 Å². The van der Waals surface area contributed by atoms with Crippen molar-refractivity contribution < 1.29 is 4.79 Å². The van der Waals surface area contributed by atoms with Crippen LogP contribution in [0.15, 0.2) is 0 Å². The fourth-order valence-corrected chi connectivity index (χ4v) is 2.76. The number of likely N-dealkylation sites (tertiary alicyclic amines) is 1. The number of hydrogen-bond donors (Lipinski definition) is 2. The molecule has 2 saturated heterocycles. The van der Waals surface area contributed by atoms with Crippen molar-refractivity contribution >= 4 is 5.91 Å². The molecule has 1 amide bonds. The Bertz CT molecular complexity index is 259. The fourth-order valence-electron chi connectivity index (χ4n) is 2.76. The van der Waals surface area contributed by atoms with E-state index in [1.807, 2.05) is 0 Å². The molecule has 0 aliphatic carbocycles. The molecule has 1 atom stereocenters. The van der Waals surface area contributed by atoms with E-state index in [1.54, 1.807) is 0 Å². The second-order valence-electron chi connectivity index (χ2n) is 5.62. The maximum Gasteiger partial charge on any atom is 0.220 e. The van der Waals surface area contributed by atoms with Crippen molar-refractivity contribution in [2.24, 2.45) is 0 Å². The molecular weight excluding hydrogens is 214 g/mol. The minimum atomic E-state index is 0.214. The Labute approximate surface area is 104 Å². The van der Waals surface area contributed by atoms with Crippen molar-refractivity contribution in [3.8, 4) is 0 Å². The maximum atomic E-state index is 11.1. The molecule has 0 aromatic rings. The van der Waals surface area contributed by atoms with Gasteiger partial charge in [-0.2, -0.15) is 0 Å². The number of nitrogens with one attached hydrogen (secondary N) is 2. The van der Waals surface area contributed by atoms with Gasteiger partial charge in [0.15, 0.2) is 0 Å². The zero-order valence-corrected chi connectivity index (χ0v) is 11.0. The Morgan fingerprint density at radius 3 is 2.59 bits per heavy atom. The van der Waals surface area contributed by atoms with Crippen molar-refractivity contribution in [3.63, 3.8) is 0 Å². The molecule has 0 radical (unpaired) electrons. The van der Waals surface area contributed by atoms with Gasteiger partial charge in [-0.1, -0.05) is 0 Å². The van der Waals surface area contributed by atoms with Crippen LogP contribution in [0.1, 0.15) is 39.5 Å². The lowest BCUT2D eigenvalue weighted by Crippen LogP contribution is -2.47. The first-order chi connectivity index (χ1) is 8.15. The van der Waals surface area contributed by atoms with Crippen molar-refractivity contribution in [1.82, 2.24) is 15.5 Å². The quantitative estimate of drug-likeness (QED) is 0.760. The van der Waals surface area contributed by atoms with Gasteiger partial charge in [0, 0.05) is 31.1 Å². The summed E-state index contributed by atoms with van der Waals surface area (Å²) in [6.45, 7) is 7.88. The van der Waals surface area contributed by atoms with E-state index in [-0.39, 0.29) is 5.91 Å². The molecule has 17 heavy (non-hydrogen) atoms. The Morgan fingerprint density at radius 2 is 2.06 bits per heavy atom.